The third-order valence-electron chi connectivity index (χ3n) is 5.77. The Kier molecular flexibility index (Phi) is 5.74. The van der Waals surface area contributed by atoms with Crippen molar-refractivity contribution in [1.29, 1.82) is 0 Å². The molecule has 0 fully saturated rings. The van der Waals surface area contributed by atoms with Gasteiger partial charge in [-0.25, -0.2) is 16.8 Å². The van der Waals surface area contributed by atoms with Crippen LogP contribution >= 0.6 is 11.3 Å². The summed E-state index contributed by atoms with van der Waals surface area (Å²) in [6.07, 6.45) is 0.586. The van der Waals surface area contributed by atoms with Gasteiger partial charge >= 0.3 is 0 Å². The van der Waals surface area contributed by atoms with Crippen LogP contribution in [0.2, 0.25) is 0 Å². The topological polar surface area (TPSA) is 83.6 Å². The van der Waals surface area contributed by atoms with Gasteiger partial charge in [0.15, 0.2) is 0 Å². The van der Waals surface area contributed by atoms with Crippen molar-refractivity contribution in [1.82, 2.24) is 4.31 Å². The predicted molar refractivity (Wildman–Crippen MR) is 132 cm³/mol. The van der Waals surface area contributed by atoms with Crippen molar-refractivity contribution in [3.63, 3.8) is 0 Å². The molecule has 0 saturated heterocycles. The van der Waals surface area contributed by atoms with Crippen LogP contribution in [0.4, 0.5) is 5.69 Å². The number of thiophene rings is 1. The van der Waals surface area contributed by atoms with Crippen LogP contribution in [0.1, 0.15) is 16.7 Å². The fraction of sp³-hybridized carbons (Fsp3) is 0.167. The zero-order valence-electron chi connectivity index (χ0n) is 17.6. The van der Waals surface area contributed by atoms with E-state index >= 15 is 0 Å². The summed E-state index contributed by atoms with van der Waals surface area (Å²) in [5, 5.41) is 3.64. The molecule has 9 heteroatoms. The molecule has 0 amide bonds. The smallest absolute Gasteiger partial charge is 0.252 e. The molecule has 170 valence electrons. The lowest BCUT2D eigenvalue weighted by molar-refractivity contribution is 0.392. The predicted octanol–water partition coefficient (Wildman–Crippen LogP) is 4.59. The van der Waals surface area contributed by atoms with Gasteiger partial charge in [-0.1, -0.05) is 54.6 Å². The Morgan fingerprint density at radius 2 is 1.70 bits per heavy atom. The van der Waals surface area contributed by atoms with Gasteiger partial charge in [0.2, 0.25) is 10.0 Å². The number of sulfonamides is 2. The van der Waals surface area contributed by atoms with Gasteiger partial charge in [-0.3, -0.25) is 4.72 Å². The van der Waals surface area contributed by atoms with E-state index in [0.29, 0.717) is 22.9 Å². The molecule has 1 aromatic heterocycles. The van der Waals surface area contributed by atoms with Crippen LogP contribution in [0.25, 0.3) is 10.8 Å². The quantitative estimate of drug-likeness (QED) is 0.421. The van der Waals surface area contributed by atoms with Gasteiger partial charge in [-0.15, -0.1) is 11.3 Å². The highest BCUT2D eigenvalue weighted by Crippen LogP contribution is 2.29. The summed E-state index contributed by atoms with van der Waals surface area (Å²) in [5.41, 5.74) is 3.01. The van der Waals surface area contributed by atoms with Gasteiger partial charge in [0.1, 0.15) is 4.21 Å². The fourth-order valence-electron chi connectivity index (χ4n) is 4.18. The number of benzene rings is 3. The zero-order valence-corrected chi connectivity index (χ0v) is 20.1. The summed E-state index contributed by atoms with van der Waals surface area (Å²) in [6, 6.07) is 22.0. The minimum Gasteiger partial charge on any atom is -0.283 e. The molecule has 33 heavy (non-hydrogen) atoms. The van der Waals surface area contributed by atoms with E-state index < -0.39 is 20.0 Å². The molecule has 0 aliphatic carbocycles. The molecule has 1 aliphatic rings. The number of hydrogen-bond acceptors (Lipinski definition) is 5. The van der Waals surface area contributed by atoms with Crippen LogP contribution in [0.5, 0.6) is 0 Å². The average Bonchev–Trinajstić information content (AvgIpc) is 3.34. The van der Waals surface area contributed by atoms with Gasteiger partial charge in [0.25, 0.3) is 10.0 Å². The van der Waals surface area contributed by atoms with Crippen molar-refractivity contribution in [3.05, 3.63) is 94.9 Å². The first kappa shape index (κ1) is 22.1. The fourth-order valence-corrected chi connectivity index (χ4v) is 7.96. The Bertz CT molecular complexity index is 1520. The number of rotatable bonds is 6. The Morgan fingerprint density at radius 1 is 0.879 bits per heavy atom. The van der Waals surface area contributed by atoms with E-state index in [1.807, 2.05) is 48.5 Å². The molecule has 0 spiro atoms. The van der Waals surface area contributed by atoms with Crippen molar-refractivity contribution in [3.8, 4) is 0 Å². The Balaban J connectivity index is 1.37. The zero-order chi connectivity index (χ0) is 23.1. The van der Waals surface area contributed by atoms with Crippen molar-refractivity contribution in [2.45, 2.75) is 22.9 Å². The molecule has 0 unspecified atom stereocenters. The first-order chi connectivity index (χ1) is 15.8. The van der Waals surface area contributed by atoms with Crippen LogP contribution in [0, 0.1) is 0 Å². The van der Waals surface area contributed by atoms with Crippen molar-refractivity contribution in [2.24, 2.45) is 0 Å². The minimum absolute atomic E-state index is 0.148. The Hall–Kier alpha value is -2.72. The summed E-state index contributed by atoms with van der Waals surface area (Å²) in [7, 11) is -7.22. The highest BCUT2D eigenvalue weighted by Gasteiger charge is 2.29. The number of nitrogens with one attached hydrogen (secondary N) is 1. The molecule has 0 radical (unpaired) electrons. The lowest BCUT2D eigenvalue weighted by Gasteiger charge is -2.28. The molecule has 0 atom stereocenters. The van der Waals surface area contributed by atoms with E-state index in [4.69, 9.17) is 0 Å². The van der Waals surface area contributed by atoms with Crippen LogP contribution in [0.15, 0.2) is 82.4 Å². The summed E-state index contributed by atoms with van der Waals surface area (Å²) >= 11 is 1.20. The van der Waals surface area contributed by atoms with Crippen LogP contribution in [0.3, 0.4) is 0 Å². The first-order valence-corrected chi connectivity index (χ1v) is 14.4. The van der Waals surface area contributed by atoms with Crippen LogP contribution in [-0.4, -0.2) is 27.7 Å². The molecule has 1 aliphatic heterocycles. The van der Waals surface area contributed by atoms with E-state index in [9.17, 15) is 16.8 Å². The summed E-state index contributed by atoms with van der Waals surface area (Å²) < 4.78 is 56.1. The SMILES string of the molecule is O=S(=O)(Cc1cccc2ccccc12)Nc1ccc2c(c1)CN(S(=O)(=O)c1cccs1)CC2. The third kappa shape index (κ3) is 4.54. The number of hydrogen-bond donors (Lipinski definition) is 1. The summed E-state index contributed by atoms with van der Waals surface area (Å²) in [5.74, 6) is -0.148. The second kappa shape index (κ2) is 8.57. The van der Waals surface area contributed by atoms with Gasteiger partial charge in [0.05, 0.1) is 5.75 Å². The summed E-state index contributed by atoms with van der Waals surface area (Å²) in [4.78, 5) is 0. The molecule has 2 heterocycles. The van der Waals surface area contributed by atoms with E-state index in [0.717, 1.165) is 27.5 Å². The van der Waals surface area contributed by atoms with E-state index in [1.54, 1.807) is 29.6 Å². The minimum atomic E-state index is -3.66. The lowest BCUT2D eigenvalue weighted by atomic mass is 10.0. The highest BCUT2D eigenvalue weighted by atomic mass is 32.2. The van der Waals surface area contributed by atoms with Crippen molar-refractivity contribution >= 4 is 47.8 Å². The van der Waals surface area contributed by atoms with Crippen LogP contribution < -0.4 is 4.72 Å². The maximum absolute atomic E-state index is 12.9. The molecule has 4 aromatic rings. The summed E-state index contributed by atoms with van der Waals surface area (Å²) in [6.45, 7) is 0.619. The van der Waals surface area contributed by atoms with E-state index in [1.165, 1.54) is 15.6 Å². The first-order valence-electron chi connectivity index (χ1n) is 10.4. The number of fused-ring (bicyclic) bond motifs is 2. The van der Waals surface area contributed by atoms with Gasteiger partial charge in [-0.05, 0) is 57.5 Å². The van der Waals surface area contributed by atoms with E-state index in [-0.39, 0.29) is 12.3 Å². The lowest BCUT2D eigenvalue weighted by Crippen LogP contribution is -2.35. The number of nitrogens with zero attached hydrogens (tertiary/aromatic N) is 1. The molecule has 5 rings (SSSR count). The normalized spacial score (nSPS) is 14.8. The Labute approximate surface area is 197 Å². The van der Waals surface area contributed by atoms with Gasteiger partial charge in [0, 0.05) is 18.8 Å². The molecular formula is C24H22N2O4S3. The monoisotopic (exact) mass is 498 g/mol. The molecule has 0 saturated carbocycles. The maximum atomic E-state index is 12.9. The Morgan fingerprint density at radius 3 is 2.52 bits per heavy atom. The van der Waals surface area contributed by atoms with Crippen molar-refractivity contribution < 1.29 is 16.8 Å². The molecule has 3 aromatic carbocycles. The standard InChI is InChI=1S/C24H22N2O4S3/c27-32(28,17-20-7-3-6-19-5-1-2-8-23(19)20)25-22-11-10-18-12-13-26(16-21(18)15-22)33(29,30)24-9-4-14-31-24/h1-11,14-15,25H,12-13,16-17H2. The van der Waals surface area contributed by atoms with Crippen LogP contribution in [-0.2, 0) is 38.8 Å². The molecule has 1 N–H and O–H groups in total. The highest BCUT2D eigenvalue weighted by molar-refractivity contribution is 7.92. The van der Waals surface area contributed by atoms with E-state index in [2.05, 4.69) is 4.72 Å². The maximum Gasteiger partial charge on any atom is 0.252 e. The van der Waals surface area contributed by atoms with Gasteiger partial charge in [-0.2, -0.15) is 4.31 Å². The largest absolute Gasteiger partial charge is 0.283 e. The second-order valence-electron chi connectivity index (χ2n) is 8.00. The second-order valence-corrected chi connectivity index (χ2v) is 12.8. The molecule has 0 bridgehead atoms. The molecule has 6 nitrogen and oxygen atoms in total. The number of anilines is 1. The third-order valence-corrected chi connectivity index (χ3v) is 10.2. The van der Waals surface area contributed by atoms with Gasteiger partial charge < -0.3 is 0 Å². The van der Waals surface area contributed by atoms with Crippen molar-refractivity contribution in [2.75, 3.05) is 11.3 Å². The average molecular weight is 499 g/mol. The molecular weight excluding hydrogens is 476 g/mol.